The highest BCUT2D eigenvalue weighted by Crippen LogP contribution is 2.47. The Morgan fingerprint density at radius 1 is 1.10 bits per heavy atom. The molecular weight excluding hydrogens is 504 g/mol. The SMILES string of the molecule is CC(C)(C)OC(=O)Nc1nc(-c2ccc3ncn(C4CCCC4O)c3c2)cc(C2CC2)c1-c1cc(C#N)ccn1. The molecule has 1 aromatic carbocycles. The van der Waals surface area contributed by atoms with Crippen LogP contribution in [0.2, 0.25) is 0 Å². The molecule has 0 aliphatic heterocycles. The van der Waals surface area contributed by atoms with Crippen molar-refractivity contribution in [2.45, 2.75) is 76.5 Å². The van der Waals surface area contributed by atoms with Crippen molar-refractivity contribution in [2.24, 2.45) is 0 Å². The number of anilines is 1. The fourth-order valence-corrected chi connectivity index (χ4v) is 5.52. The topological polar surface area (TPSA) is 126 Å². The number of benzene rings is 1. The molecule has 0 bridgehead atoms. The first kappa shape index (κ1) is 26.0. The van der Waals surface area contributed by atoms with Gasteiger partial charge in [-0.1, -0.05) is 6.07 Å². The molecule has 9 nitrogen and oxygen atoms in total. The molecule has 2 unspecified atom stereocenters. The molecule has 2 aliphatic rings. The summed E-state index contributed by atoms with van der Waals surface area (Å²) >= 11 is 0. The lowest BCUT2D eigenvalue weighted by atomic mass is 9.97. The molecule has 0 radical (unpaired) electrons. The Balaban J connectivity index is 1.50. The first-order valence-electron chi connectivity index (χ1n) is 13.8. The number of pyridine rings is 2. The van der Waals surface area contributed by atoms with Crippen LogP contribution in [0.1, 0.15) is 76.0 Å². The van der Waals surface area contributed by atoms with Gasteiger partial charge in [0, 0.05) is 17.3 Å². The number of aromatic nitrogens is 4. The Morgan fingerprint density at radius 2 is 1.93 bits per heavy atom. The third-order valence-electron chi connectivity index (χ3n) is 7.50. The van der Waals surface area contributed by atoms with E-state index in [0.717, 1.165) is 54.3 Å². The second-order valence-corrected chi connectivity index (χ2v) is 11.7. The number of nitrogens with one attached hydrogen (secondary N) is 1. The van der Waals surface area contributed by atoms with E-state index < -0.39 is 11.7 Å². The number of rotatable bonds is 5. The van der Waals surface area contributed by atoms with Crippen molar-refractivity contribution in [3.8, 4) is 28.6 Å². The number of ether oxygens (including phenoxy) is 1. The predicted molar refractivity (Wildman–Crippen MR) is 152 cm³/mol. The normalized spacial score (nSPS) is 19.0. The van der Waals surface area contributed by atoms with E-state index in [1.165, 1.54) is 0 Å². The summed E-state index contributed by atoms with van der Waals surface area (Å²) < 4.78 is 7.64. The minimum absolute atomic E-state index is 0.000455. The van der Waals surface area contributed by atoms with Crippen LogP contribution in [-0.2, 0) is 4.74 Å². The fourth-order valence-electron chi connectivity index (χ4n) is 5.52. The minimum atomic E-state index is -0.686. The summed E-state index contributed by atoms with van der Waals surface area (Å²) in [6.45, 7) is 5.43. The second-order valence-electron chi connectivity index (χ2n) is 11.7. The number of amides is 1. The van der Waals surface area contributed by atoms with Crippen LogP contribution in [0.15, 0.2) is 48.9 Å². The van der Waals surface area contributed by atoms with Crippen molar-refractivity contribution in [1.82, 2.24) is 19.5 Å². The van der Waals surface area contributed by atoms with Crippen LogP contribution in [0, 0.1) is 11.3 Å². The Hall–Kier alpha value is -4.29. The number of aliphatic hydroxyl groups excluding tert-OH is 1. The molecule has 0 saturated heterocycles. The van der Waals surface area contributed by atoms with E-state index in [9.17, 15) is 15.2 Å². The Kier molecular flexibility index (Phi) is 6.51. The van der Waals surface area contributed by atoms with Gasteiger partial charge in [-0.2, -0.15) is 5.26 Å². The fraction of sp³-hybridized carbons (Fsp3) is 0.387. The van der Waals surface area contributed by atoms with E-state index in [-0.39, 0.29) is 12.1 Å². The summed E-state index contributed by atoms with van der Waals surface area (Å²) in [7, 11) is 0. The minimum Gasteiger partial charge on any atom is -0.444 e. The van der Waals surface area contributed by atoms with Gasteiger partial charge in [0.25, 0.3) is 0 Å². The Morgan fingerprint density at radius 3 is 2.62 bits per heavy atom. The lowest BCUT2D eigenvalue weighted by Crippen LogP contribution is -2.27. The third kappa shape index (κ3) is 5.15. The van der Waals surface area contributed by atoms with Crippen molar-refractivity contribution < 1.29 is 14.6 Å². The quantitative estimate of drug-likeness (QED) is 0.305. The van der Waals surface area contributed by atoms with Crippen LogP contribution in [-0.4, -0.2) is 42.4 Å². The lowest BCUT2D eigenvalue weighted by molar-refractivity contribution is 0.0635. The number of nitriles is 1. The van der Waals surface area contributed by atoms with E-state index in [2.05, 4.69) is 38.1 Å². The standard InChI is InChI=1S/C31H32N6O3/c1-31(2,3)40-30(39)36-29-28(24-13-18(16-32)11-12-33-24)21(19-7-8-19)15-23(35-29)20-9-10-22-26(14-20)37(17-34-22)25-5-4-6-27(25)38/h9-15,17,19,25,27,38H,4-8H2,1-3H3,(H,35,36,39). The monoisotopic (exact) mass is 536 g/mol. The number of aliphatic hydroxyl groups is 1. The van der Waals surface area contributed by atoms with Gasteiger partial charge in [-0.05, 0) is 94.7 Å². The van der Waals surface area contributed by atoms with Gasteiger partial charge in [0.05, 0.1) is 52.5 Å². The number of imidazole rings is 1. The molecule has 0 spiro atoms. The molecule has 6 rings (SSSR count). The molecule has 4 aromatic rings. The van der Waals surface area contributed by atoms with Crippen molar-refractivity contribution in [2.75, 3.05) is 5.32 Å². The molecule has 1 amide bonds. The number of hydrogen-bond acceptors (Lipinski definition) is 7. The molecule has 2 saturated carbocycles. The van der Waals surface area contributed by atoms with Gasteiger partial charge in [0.15, 0.2) is 0 Å². The highest BCUT2D eigenvalue weighted by atomic mass is 16.6. The van der Waals surface area contributed by atoms with Crippen LogP contribution in [0.5, 0.6) is 0 Å². The van der Waals surface area contributed by atoms with E-state index in [0.29, 0.717) is 34.3 Å². The number of fused-ring (bicyclic) bond motifs is 1. The summed E-state index contributed by atoms with van der Waals surface area (Å²) in [4.78, 5) is 27.0. The zero-order valence-electron chi connectivity index (χ0n) is 22.9. The summed E-state index contributed by atoms with van der Waals surface area (Å²) in [5, 5.41) is 22.9. The average molecular weight is 537 g/mol. The van der Waals surface area contributed by atoms with E-state index in [4.69, 9.17) is 9.72 Å². The first-order chi connectivity index (χ1) is 19.2. The molecular formula is C31H32N6O3. The van der Waals surface area contributed by atoms with Crippen LogP contribution < -0.4 is 5.32 Å². The number of carbonyl (C=O) groups excluding carboxylic acids is 1. The zero-order valence-corrected chi connectivity index (χ0v) is 22.9. The largest absolute Gasteiger partial charge is 0.444 e. The molecule has 2 fully saturated rings. The highest BCUT2D eigenvalue weighted by molar-refractivity contribution is 5.92. The van der Waals surface area contributed by atoms with Crippen molar-refractivity contribution in [1.29, 1.82) is 5.26 Å². The van der Waals surface area contributed by atoms with E-state index in [1.807, 2.05) is 39.2 Å². The Bertz CT molecular complexity index is 1640. The van der Waals surface area contributed by atoms with E-state index in [1.54, 1.807) is 18.3 Å². The molecule has 40 heavy (non-hydrogen) atoms. The average Bonchev–Trinajstić information content (AvgIpc) is 3.55. The maximum atomic E-state index is 13.0. The molecule has 3 heterocycles. The van der Waals surface area contributed by atoms with Gasteiger partial charge in [0.1, 0.15) is 11.4 Å². The summed E-state index contributed by atoms with van der Waals surface area (Å²) in [5.74, 6) is 0.641. The van der Waals surface area contributed by atoms with Gasteiger partial charge in [0.2, 0.25) is 0 Å². The van der Waals surface area contributed by atoms with Gasteiger partial charge in [-0.25, -0.2) is 14.8 Å². The maximum Gasteiger partial charge on any atom is 0.413 e. The van der Waals surface area contributed by atoms with Gasteiger partial charge >= 0.3 is 6.09 Å². The highest BCUT2D eigenvalue weighted by Gasteiger charge is 2.32. The van der Waals surface area contributed by atoms with Crippen LogP contribution in [0.25, 0.3) is 33.5 Å². The van der Waals surface area contributed by atoms with Gasteiger partial charge in [-0.3, -0.25) is 10.3 Å². The predicted octanol–water partition coefficient (Wildman–Crippen LogP) is 6.34. The number of carbonyl (C=O) groups is 1. The van der Waals surface area contributed by atoms with Gasteiger partial charge in [-0.15, -0.1) is 0 Å². The number of hydrogen-bond donors (Lipinski definition) is 2. The number of nitrogens with zero attached hydrogens (tertiary/aromatic N) is 5. The molecule has 3 aromatic heterocycles. The first-order valence-corrected chi connectivity index (χ1v) is 13.8. The third-order valence-corrected chi connectivity index (χ3v) is 7.50. The van der Waals surface area contributed by atoms with Crippen LogP contribution in [0.4, 0.5) is 10.6 Å². The second kappa shape index (κ2) is 10.0. The molecule has 2 N–H and O–H groups in total. The molecule has 9 heteroatoms. The smallest absolute Gasteiger partial charge is 0.413 e. The van der Waals surface area contributed by atoms with Crippen molar-refractivity contribution >= 4 is 22.9 Å². The van der Waals surface area contributed by atoms with Crippen LogP contribution in [0.3, 0.4) is 0 Å². The summed E-state index contributed by atoms with van der Waals surface area (Å²) in [5.41, 5.74) is 5.47. The zero-order chi connectivity index (χ0) is 28.0. The van der Waals surface area contributed by atoms with Gasteiger partial charge < -0.3 is 14.4 Å². The summed E-state index contributed by atoms with van der Waals surface area (Å²) in [6, 6.07) is 13.6. The maximum absolute atomic E-state index is 13.0. The van der Waals surface area contributed by atoms with Crippen molar-refractivity contribution in [3.63, 3.8) is 0 Å². The molecule has 2 atom stereocenters. The molecule has 2 aliphatic carbocycles. The van der Waals surface area contributed by atoms with Crippen molar-refractivity contribution in [3.05, 3.63) is 60.0 Å². The molecule has 204 valence electrons. The van der Waals surface area contributed by atoms with Crippen LogP contribution >= 0.6 is 0 Å². The Labute approximate surface area is 232 Å². The summed E-state index contributed by atoms with van der Waals surface area (Å²) in [6.07, 6.45) is 7.14. The van der Waals surface area contributed by atoms with E-state index >= 15 is 0 Å². The lowest BCUT2D eigenvalue weighted by Gasteiger charge is -2.21.